The quantitative estimate of drug-likeness (QED) is 0.458. The Morgan fingerprint density at radius 1 is 1.00 bits per heavy atom. The van der Waals surface area contributed by atoms with E-state index in [1.807, 2.05) is 6.55 Å². The number of hydrogen-bond acceptors (Lipinski definition) is 2. The molecule has 1 aromatic rings. The van der Waals surface area contributed by atoms with Crippen molar-refractivity contribution in [1.29, 1.82) is 0 Å². The van der Waals surface area contributed by atoms with E-state index in [1.165, 1.54) is 12.1 Å². The van der Waals surface area contributed by atoms with Gasteiger partial charge in [0.2, 0.25) is 0 Å². The molecule has 1 rings (SSSR count). The molecule has 0 unspecified atom stereocenters. The highest BCUT2D eigenvalue weighted by Gasteiger charge is 2.30. The monoisotopic (exact) mass is 334 g/mol. The van der Waals surface area contributed by atoms with Crippen LogP contribution in [0.3, 0.4) is 0 Å². The Hall–Kier alpha value is -0.853. The van der Waals surface area contributed by atoms with Gasteiger partial charge in [0.05, 0.1) is 5.56 Å². The highest BCUT2D eigenvalue weighted by atomic mass is 28.4. The van der Waals surface area contributed by atoms with E-state index in [2.05, 4.69) is 0 Å². The molecule has 0 fully saturated rings. The lowest BCUT2D eigenvalue weighted by Crippen LogP contribution is -2.35. The minimum absolute atomic E-state index is 0.563. The van der Waals surface area contributed by atoms with E-state index in [4.69, 9.17) is 8.85 Å². The first-order valence-corrected chi connectivity index (χ1v) is 10.1. The smallest absolute Gasteiger partial charge is 0.398 e. The van der Waals surface area contributed by atoms with Crippen molar-refractivity contribution in [3.63, 3.8) is 0 Å². The van der Waals surface area contributed by atoms with Gasteiger partial charge in [0.1, 0.15) is 0 Å². The maximum atomic E-state index is 12.6. The van der Waals surface area contributed by atoms with Crippen molar-refractivity contribution >= 4 is 8.56 Å². The fraction of sp³-hybridized carbons (Fsp3) is 0.625. The number of benzene rings is 1. The van der Waals surface area contributed by atoms with Gasteiger partial charge in [0.15, 0.2) is 0 Å². The Labute approximate surface area is 131 Å². The molecule has 0 N–H and O–H groups in total. The zero-order valence-corrected chi connectivity index (χ0v) is 14.5. The van der Waals surface area contributed by atoms with Crippen LogP contribution in [0.25, 0.3) is 0 Å². The Balaban J connectivity index is 2.28. The normalized spacial score (nSPS) is 12.6. The van der Waals surface area contributed by atoms with E-state index in [0.29, 0.717) is 6.42 Å². The van der Waals surface area contributed by atoms with Crippen LogP contribution in [0.1, 0.15) is 36.8 Å². The van der Waals surface area contributed by atoms with E-state index in [0.717, 1.165) is 43.4 Å². The van der Waals surface area contributed by atoms with Gasteiger partial charge in [0.25, 0.3) is 0 Å². The van der Waals surface area contributed by atoms with Crippen LogP contribution >= 0.6 is 0 Å². The Morgan fingerprint density at radius 3 is 2.23 bits per heavy atom. The van der Waals surface area contributed by atoms with Crippen LogP contribution in [0.5, 0.6) is 0 Å². The van der Waals surface area contributed by atoms with Crippen LogP contribution < -0.4 is 0 Å². The van der Waals surface area contributed by atoms with Crippen molar-refractivity contribution in [3.05, 3.63) is 35.4 Å². The Morgan fingerprint density at radius 2 is 1.64 bits per heavy atom. The fourth-order valence-electron chi connectivity index (χ4n) is 2.32. The minimum Gasteiger partial charge on any atom is -0.398 e. The fourth-order valence-corrected chi connectivity index (χ4v) is 3.79. The average molecular weight is 334 g/mol. The number of hydrogen-bond donors (Lipinski definition) is 0. The van der Waals surface area contributed by atoms with Crippen LogP contribution in [0.2, 0.25) is 12.6 Å². The maximum absolute atomic E-state index is 12.6. The minimum atomic E-state index is -4.26. The molecular weight excluding hydrogens is 309 g/mol. The summed E-state index contributed by atoms with van der Waals surface area (Å²) in [6.07, 6.45) is 0.424. The molecule has 0 heterocycles. The zero-order valence-electron chi connectivity index (χ0n) is 13.5. The molecule has 2 nitrogen and oxygen atoms in total. The molecule has 0 aromatic heterocycles. The zero-order chi connectivity index (χ0) is 16.6. The third-order valence-corrected chi connectivity index (χ3v) is 6.95. The first-order valence-electron chi connectivity index (χ1n) is 7.57. The molecule has 0 saturated carbocycles. The van der Waals surface area contributed by atoms with Gasteiger partial charge in [-0.25, -0.2) is 0 Å². The number of halogens is 3. The molecule has 0 bridgehead atoms. The topological polar surface area (TPSA) is 18.5 Å². The van der Waals surface area contributed by atoms with Gasteiger partial charge in [-0.05, 0) is 37.1 Å². The van der Waals surface area contributed by atoms with E-state index < -0.39 is 20.3 Å². The van der Waals surface area contributed by atoms with E-state index >= 15 is 0 Å². The molecule has 0 aliphatic rings. The summed E-state index contributed by atoms with van der Waals surface area (Å²) in [5, 5.41) is 0. The number of unbranched alkanes of at least 4 members (excludes halogenated alkanes) is 3. The van der Waals surface area contributed by atoms with Gasteiger partial charge >= 0.3 is 14.7 Å². The highest BCUT2D eigenvalue weighted by Crippen LogP contribution is 2.29. The van der Waals surface area contributed by atoms with Gasteiger partial charge < -0.3 is 8.85 Å². The van der Waals surface area contributed by atoms with Crippen LogP contribution in [-0.2, 0) is 21.4 Å². The summed E-state index contributed by atoms with van der Waals surface area (Å²) in [6, 6.07) is 6.55. The van der Waals surface area contributed by atoms with Gasteiger partial charge in [-0.15, -0.1) is 0 Å². The van der Waals surface area contributed by atoms with Crippen LogP contribution in [-0.4, -0.2) is 22.8 Å². The molecule has 6 heteroatoms. The maximum Gasteiger partial charge on any atom is 0.416 e. The average Bonchev–Trinajstić information content (AvgIpc) is 2.50. The van der Waals surface area contributed by atoms with Crippen LogP contribution in [0, 0.1) is 0 Å². The summed E-state index contributed by atoms with van der Waals surface area (Å²) in [4.78, 5) is 0. The molecular formula is C16H25F3O2Si. The lowest BCUT2D eigenvalue weighted by atomic mass is 10.0. The number of aryl methyl sites for hydroxylation is 1. The number of alkyl halides is 3. The second-order valence-corrected chi connectivity index (χ2v) is 9.24. The van der Waals surface area contributed by atoms with Crippen LogP contribution in [0.15, 0.2) is 24.3 Å². The predicted octanol–water partition coefficient (Wildman–Crippen LogP) is 5.17. The molecule has 126 valence electrons. The molecule has 0 aliphatic carbocycles. The highest BCUT2D eigenvalue weighted by molar-refractivity contribution is 6.65. The first kappa shape index (κ1) is 19.2. The summed E-state index contributed by atoms with van der Waals surface area (Å²) in [5.41, 5.74) is 0.190. The third-order valence-electron chi connectivity index (χ3n) is 3.96. The van der Waals surface area contributed by atoms with Crippen molar-refractivity contribution < 1.29 is 22.0 Å². The molecule has 22 heavy (non-hydrogen) atoms. The van der Waals surface area contributed by atoms with Gasteiger partial charge in [-0.1, -0.05) is 37.5 Å². The molecule has 0 saturated heterocycles. The Bertz CT molecular complexity index is 445. The summed E-state index contributed by atoms with van der Waals surface area (Å²) in [5.74, 6) is 0. The SMILES string of the molecule is CO[Si](C)(CCCCCCc1cccc(C(F)(F)F)c1)OC. The third kappa shape index (κ3) is 6.50. The van der Waals surface area contributed by atoms with Gasteiger partial charge in [-0.3, -0.25) is 0 Å². The molecule has 0 amide bonds. The summed E-state index contributed by atoms with van der Waals surface area (Å²) < 4.78 is 48.7. The second kappa shape index (κ2) is 8.69. The molecule has 0 spiro atoms. The lowest BCUT2D eigenvalue weighted by Gasteiger charge is -2.22. The van der Waals surface area contributed by atoms with Crippen LogP contribution in [0.4, 0.5) is 13.2 Å². The molecule has 1 aromatic carbocycles. The number of rotatable bonds is 9. The van der Waals surface area contributed by atoms with E-state index in [-0.39, 0.29) is 0 Å². The summed E-state index contributed by atoms with van der Waals surface area (Å²) in [7, 11) is 1.39. The Kier molecular flexibility index (Phi) is 7.59. The summed E-state index contributed by atoms with van der Waals surface area (Å²) >= 11 is 0. The van der Waals surface area contributed by atoms with Crippen molar-refractivity contribution in [2.24, 2.45) is 0 Å². The lowest BCUT2D eigenvalue weighted by molar-refractivity contribution is -0.137. The molecule has 0 aliphatic heterocycles. The molecule has 0 atom stereocenters. The molecule has 0 radical (unpaired) electrons. The predicted molar refractivity (Wildman–Crippen MR) is 84.1 cm³/mol. The van der Waals surface area contributed by atoms with Gasteiger partial charge in [-0.2, -0.15) is 13.2 Å². The van der Waals surface area contributed by atoms with Crippen molar-refractivity contribution in [2.45, 2.75) is 50.9 Å². The van der Waals surface area contributed by atoms with E-state index in [9.17, 15) is 13.2 Å². The van der Waals surface area contributed by atoms with Crippen molar-refractivity contribution in [2.75, 3.05) is 14.2 Å². The van der Waals surface area contributed by atoms with Crippen molar-refractivity contribution in [3.8, 4) is 0 Å². The summed E-state index contributed by atoms with van der Waals surface area (Å²) in [6.45, 7) is 2.04. The first-order chi connectivity index (χ1) is 10.3. The largest absolute Gasteiger partial charge is 0.416 e. The van der Waals surface area contributed by atoms with E-state index in [1.54, 1.807) is 20.3 Å². The second-order valence-electron chi connectivity index (χ2n) is 5.65. The van der Waals surface area contributed by atoms with Gasteiger partial charge in [0, 0.05) is 14.2 Å². The van der Waals surface area contributed by atoms with Crippen molar-refractivity contribution in [1.82, 2.24) is 0 Å². The standard InChI is InChI=1S/C16H25F3O2Si/c1-20-22(3,21-2)12-7-5-4-6-9-14-10-8-11-15(13-14)16(17,18)19/h8,10-11,13H,4-7,9,12H2,1-3H3.